The van der Waals surface area contributed by atoms with Crippen LogP contribution >= 0.6 is 0 Å². The lowest BCUT2D eigenvalue weighted by Crippen LogP contribution is -1.68. The summed E-state index contributed by atoms with van der Waals surface area (Å²) in [5.41, 5.74) is 0.920. The van der Waals surface area contributed by atoms with Crippen LogP contribution in [-0.2, 0) is 0 Å². The fraction of sp³-hybridized carbons (Fsp3) is 0. The molecule has 18 heavy (non-hydrogen) atoms. The molecule has 78 valence electrons. The highest BCUT2D eigenvalue weighted by atomic mass is 13.8. The molecule has 0 atom stereocenters. The Labute approximate surface area is 108 Å². The first-order valence-electron chi connectivity index (χ1n) is 4.95. The second-order valence-corrected chi connectivity index (χ2v) is 2.76. The van der Waals surface area contributed by atoms with Gasteiger partial charge in [-0.25, -0.2) is 0 Å². The third-order valence-corrected chi connectivity index (χ3v) is 1.55. The minimum Gasteiger partial charge on any atom is -0.106 e. The van der Waals surface area contributed by atoms with E-state index in [1.807, 2.05) is 30.3 Å². The monoisotopic (exact) mass is 222 g/mol. The van der Waals surface area contributed by atoms with E-state index in [-0.39, 0.29) is 0 Å². The lowest BCUT2D eigenvalue weighted by molar-refractivity contribution is 1.65. The maximum atomic E-state index is 4.91. The predicted octanol–water partition coefficient (Wildman–Crippen LogP) is 1.68. The Morgan fingerprint density at radius 1 is 0.611 bits per heavy atom. The van der Waals surface area contributed by atoms with Crippen LogP contribution in [0, 0.1) is 71.5 Å². The molecule has 0 aliphatic heterocycles. The molecule has 0 radical (unpaired) electrons. The lowest BCUT2D eigenvalue weighted by Gasteiger charge is -1.83. The van der Waals surface area contributed by atoms with Gasteiger partial charge < -0.3 is 0 Å². The second kappa shape index (κ2) is 8.85. The molecule has 0 saturated heterocycles. The van der Waals surface area contributed by atoms with E-state index >= 15 is 0 Å². The van der Waals surface area contributed by atoms with Crippen LogP contribution in [-0.4, -0.2) is 0 Å². The van der Waals surface area contributed by atoms with Gasteiger partial charge in [-0.1, -0.05) is 24.1 Å². The van der Waals surface area contributed by atoms with Gasteiger partial charge in [0.2, 0.25) is 0 Å². The maximum Gasteiger partial charge on any atom is 0.0255 e. The van der Waals surface area contributed by atoms with Crippen molar-refractivity contribution in [2.24, 2.45) is 0 Å². The number of benzene rings is 1. The van der Waals surface area contributed by atoms with E-state index in [2.05, 4.69) is 65.1 Å². The summed E-state index contributed by atoms with van der Waals surface area (Å²) >= 11 is 0. The van der Waals surface area contributed by atoms with Crippen molar-refractivity contribution in [3.05, 3.63) is 35.9 Å². The second-order valence-electron chi connectivity index (χ2n) is 2.76. The van der Waals surface area contributed by atoms with Gasteiger partial charge in [0.15, 0.2) is 0 Å². The van der Waals surface area contributed by atoms with Gasteiger partial charge in [-0.15, -0.1) is 6.42 Å². The zero-order valence-electron chi connectivity index (χ0n) is 9.46. The summed E-state index contributed by atoms with van der Waals surface area (Å²) in [6.45, 7) is 0. The normalized spacial score (nSPS) is 5.72. The van der Waals surface area contributed by atoms with Crippen LogP contribution < -0.4 is 0 Å². The third-order valence-electron chi connectivity index (χ3n) is 1.55. The summed E-state index contributed by atoms with van der Waals surface area (Å²) in [4.78, 5) is 0. The van der Waals surface area contributed by atoms with Crippen LogP contribution in [0.1, 0.15) is 5.56 Å². The van der Waals surface area contributed by atoms with Crippen molar-refractivity contribution < 1.29 is 0 Å². The van der Waals surface area contributed by atoms with E-state index < -0.39 is 0 Å². The van der Waals surface area contributed by atoms with Gasteiger partial charge in [0.1, 0.15) is 0 Å². The van der Waals surface area contributed by atoms with Crippen molar-refractivity contribution in [1.29, 1.82) is 0 Å². The predicted molar refractivity (Wildman–Crippen MR) is 73.3 cm³/mol. The minimum atomic E-state index is 0.920. The molecule has 0 nitrogen and oxygen atoms in total. The lowest BCUT2D eigenvalue weighted by atomic mass is 10.2. The van der Waals surface area contributed by atoms with Crippen LogP contribution in [0.4, 0.5) is 0 Å². The Bertz CT molecular complexity index is 745. The van der Waals surface area contributed by atoms with Crippen molar-refractivity contribution in [1.82, 2.24) is 0 Å². The van der Waals surface area contributed by atoms with Crippen LogP contribution in [0.2, 0.25) is 0 Å². The highest BCUT2D eigenvalue weighted by Crippen LogP contribution is 1.93. The van der Waals surface area contributed by atoms with E-state index in [1.165, 1.54) is 0 Å². The number of hydrogen-bond donors (Lipinski definition) is 0. The molecule has 0 heteroatoms. The Balaban J connectivity index is 2.54. The van der Waals surface area contributed by atoms with Crippen LogP contribution in [0.5, 0.6) is 0 Å². The molecule has 0 spiro atoms. The third kappa shape index (κ3) is 6.14. The highest BCUT2D eigenvalue weighted by molar-refractivity contribution is 5.45. The largest absolute Gasteiger partial charge is 0.106 e. The van der Waals surface area contributed by atoms with E-state index in [0.717, 1.165) is 5.56 Å². The molecule has 0 unspecified atom stereocenters. The van der Waals surface area contributed by atoms with Crippen molar-refractivity contribution >= 4 is 0 Å². The zero-order valence-corrected chi connectivity index (χ0v) is 9.46. The van der Waals surface area contributed by atoms with Gasteiger partial charge in [-0.05, 0) is 71.3 Å². The number of terminal acetylenes is 1. The molecule has 0 N–H and O–H groups in total. The molecule has 1 rings (SSSR count). The summed E-state index contributed by atoms with van der Waals surface area (Å²) in [7, 11) is 0. The summed E-state index contributed by atoms with van der Waals surface area (Å²) in [6.07, 6.45) is 4.91. The molecule has 0 bridgehead atoms. The molecule has 1 aromatic carbocycles. The SMILES string of the molecule is C#CC#CC#CC#CC#CC#Cc1ccccc1. The van der Waals surface area contributed by atoms with Gasteiger partial charge in [-0.2, -0.15) is 0 Å². The Morgan fingerprint density at radius 3 is 1.67 bits per heavy atom. The first-order valence-corrected chi connectivity index (χ1v) is 4.95. The van der Waals surface area contributed by atoms with Crippen molar-refractivity contribution in [2.75, 3.05) is 0 Å². The summed E-state index contributed by atoms with van der Waals surface area (Å²) < 4.78 is 0. The minimum absolute atomic E-state index is 0.920. The molecular formula is C18H6. The fourth-order valence-corrected chi connectivity index (χ4v) is 0.880. The molecule has 0 aromatic heterocycles. The molecular weight excluding hydrogens is 216 g/mol. The van der Waals surface area contributed by atoms with E-state index in [0.29, 0.717) is 0 Å². The molecule has 1 aromatic rings. The zero-order chi connectivity index (χ0) is 12.9. The molecule has 0 saturated carbocycles. The fourth-order valence-electron chi connectivity index (χ4n) is 0.880. The number of hydrogen-bond acceptors (Lipinski definition) is 0. The highest BCUT2D eigenvalue weighted by Gasteiger charge is 1.78. The maximum absolute atomic E-state index is 4.91. The van der Waals surface area contributed by atoms with Crippen molar-refractivity contribution in [3.63, 3.8) is 0 Å². The number of rotatable bonds is 0. The first kappa shape index (κ1) is 12.6. The van der Waals surface area contributed by atoms with Crippen LogP contribution in [0.3, 0.4) is 0 Å². The Kier molecular flexibility index (Phi) is 6.22. The van der Waals surface area contributed by atoms with E-state index in [9.17, 15) is 0 Å². The molecule has 0 fully saturated rings. The van der Waals surface area contributed by atoms with Gasteiger partial charge in [0, 0.05) is 5.56 Å². The van der Waals surface area contributed by atoms with Crippen molar-refractivity contribution in [3.8, 4) is 71.5 Å². The van der Waals surface area contributed by atoms with Gasteiger partial charge in [0.25, 0.3) is 0 Å². The average molecular weight is 222 g/mol. The van der Waals surface area contributed by atoms with Crippen LogP contribution in [0.25, 0.3) is 0 Å². The van der Waals surface area contributed by atoms with E-state index in [1.54, 1.807) is 0 Å². The van der Waals surface area contributed by atoms with Gasteiger partial charge in [-0.3, -0.25) is 0 Å². The first-order chi connectivity index (χ1) is 8.93. The smallest absolute Gasteiger partial charge is 0.0255 e. The summed E-state index contributed by atoms with van der Waals surface area (Å²) in [5.74, 6) is 27.7. The molecule has 0 amide bonds. The van der Waals surface area contributed by atoms with Gasteiger partial charge in [0.05, 0.1) is 0 Å². The summed E-state index contributed by atoms with van der Waals surface area (Å²) in [5, 5.41) is 0. The molecule has 0 aliphatic carbocycles. The van der Waals surface area contributed by atoms with E-state index in [4.69, 9.17) is 6.42 Å². The molecule has 0 heterocycles. The van der Waals surface area contributed by atoms with Crippen molar-refractivity contribution in [2.45, 2.75) is 0 Å². The van der Waals surface area contributed by atoms with Gasteiger partial charge >= 0.3 is 0 Å². The van der Waals surface area contributed by atoms with Crippen LogP contribution in [0.15, 0.2) is 30.3 Å². The quantitative estimate of drug-likeness (QED) is 0.586. The standard InChI is InChI=1S/C18H6/c1-2-3-4-5-6-7-8-9-10-12-15-18-16-13-11-14-17-18/h1,11,13-14,16-17H. The topological polar surface area (TPSA) is 0 Å². The molecule has 0 aliphatic rings. The summed E-state index contributed by atoms with van der Waals surface area (Å²) in [6, 6.07) is 9.60. The Hall–Kier alpha value is -3.42. The Morgan fingerprint density at radius 2 is 1.11 bits per heavy atom. The average Bonchev–Trinajstić information content (AvgIpc) is 2.42.